The Morgan fingerprint density at radius 3 is 2.39 bits per heavy atom. The van der Waals surface area contributed by atoms with Crippen LogP contribution in [0.15, 0.2) is 35.5 Å². The summed E-state index contributed by atoms with van der Waals surface area (Å²) in [5.41, 5.74) is 1.57. The van der Waals surface area contributed by atoms with Gasteiger partial charge in [-0.3, -0.25) is 4.79 Å². The van der Waals surface area contributed by atoms with Crippen molar-refractivity contribution in [1.82, 2.24) is 20.1 Å². The highest BCUT2D eigenvalue weighted by Crippen LogP contribution is 2.61. The van der Waals surface area contributed by atoms with E-state index in [0.29, 0.717) is 11.2 Å². The standard InChI is InChI=1S/C25H34N4OS/c1-3-29-22(12-18-7-5-4-6-8-18)27-28-24(29)31-16-23(30)26-17(2)25-13-19-9-20(14-25)11-21(10-19)15-25/h4-8,17,19-21H,3,9-16H2,1-2H3,(H,26,30). The van der Waals surface area contributed by atoms with Gasteiger partial charge >= 0.3 is 0 Å². The molecule has 1 heterocycles. The second-order valence-electron chi connectivity index (χ2n) is 10.2. The highest BCUT2D eigenvalue weighted by Gasteiger charge is 2.53. The van der Waals surface area contributed by atoms with Crippen molar-refractivity contribution in [3.05, 3.63) is 41.7 Å². The molecule has 1 aromatic heterocycles. The molecule has 4 bridgehead atoms. The molecular weight excluding hydrogens is 404 g/mol. The summed E-state index contributed by atoms with van der Waals surface area (Å²) < 4.78 is 2.13. The van der Waals surface area contributed by atoms with Gasteiger partial charge in [0.15, 0.2) is 5.16 Å². The second kappa shape index (κ2) is 8.61. The summed E-state index contributed by atoms with van der Waals surface area (Å²) in [7, 11) is 0. The lowest BCUT2D eigenvalue weighted by molar-refractivity contribution is -0.123. The number of benzene rings is 1. The van der Waals surface area contributed by atoms with E-state index in [4.69, 9.17) is 0 Å². The zero-order valence-electron chi connectivity index (χ0n) is 18.7. The Labute approximate surface area is 189 Å². The number of thioether (sulfide) groups is 1. The molecule has 166 valence electrons. The van der Waals surface area contributed by atoms with Crippen molar-refractivity contribution in [3.8, 4) is 0 Å². The van der Waals surface area contributed by atoms with E-state index in [1.807, 2.05) is 18.2 Å². The molecule has 6 rings (SSSR count). The minimum Gasteiger partial charge on any atom is -0.352 e. The molecule has 4 saturated carbocycles. The number of aromatic nitrogens is 3. The van der Waals surface area contributed by atoms with Gasteiger partial charge in [-0.25, -0.2) is 0 Å². The van der Waals surface area contributed by atoms with Crippen LogP contribution in [0.3, 0.4) is 0 Å². The molecule has 5 nitrogen and oxygen atoms in total. The quantitative estimate of drug-likeness (QED) is 0.607. The van der Waals surface area contributed by atoms with Gasteiger partial charge in [-0.2, -0.15) is 0 Å². The predicted molar refractivity (Wildman–Crippen MR) is 124 cm³/mol. The lowest BCUT2D eigenvalue weighted by Crippen LogP contribution is -2.56. The third-order valence-corrected chi connectivity index (χ3v) is 9.00. The van der Waals surface area contributed by atoms with Crippen molar-refractivity contribution < 1.29 is 4.79 Å². The summed E-state index contributed by atoms with van der Waals surface area (Å²) in [6.07, 6.45) is 9.04. The Bertz CT molecular complexity index is 890. The van der Waals surface area contributed by atoms with Crippen LogP contribution < -0.4 is 5.32 Å². The van der Waals surface area contributed by atoms with Gasteiger partial charge in [-0.1, -0.05) is 42.1 Å². The summed E-state index contributed by atoms with van der Waals surface area (Å²) in [5.74, 6) is 4.21. The van der Waals surface area contributed by atoms with E-state index >= 15 is 0 Å². The van der Waals surface area contributed by atoms with Crippen molar-refractivity contribution in [2.75, 3.05) is 5.75 Å². The Balaban J connectivity index is 1.18. The van der Waals surface area contributed by atoms with Gasteiger partial charge in [0, 0.05) is 19.0 Å². The highest BCUT2D eigenvalue weighted by molar-refractivity contribution is 7.99. The van der Waals surface area contributed by atoms with Crippen LogP contribution in [0.5, 0.6) is 0 Å². The SMILES string of the molecule is CCn1c(Cc2ccccc2)nnc1SCC(=O)NC(C)C12CC3CC(CC(C3)C1)C2. The molecule has 4 fully saturated rings. The minimum absolute atomic E-state index is 0.128. The van der Waals surface area contributed by atoms with E-state index < -0.39 is 0 Å². The van der Waals surface area contributed by atoms with Gasteiger partial charge in [-0.15, -0.1) is 10.2 Å². The Kier molecular flexibility index (Phi) is 5.84. The van der Waals surface area contributed by atoms with Crippen molar-refractivity contribution in [2.45, 2.75) is 76.5 Å². The summed E-state index contributed by atoms with van der Waals surface area (Å²) in [5, 5.41) is 13.0. The van der Waals surface area contributed by atoms with Crippen LogP contribution in [0.25, 0.3) is 0 Å². The molecule has 0 spiro atoms. The molecular formula is C25H34N4OS. The van der Waals surface area contributed by atoms with Crippen LogP contribution in [0, 0.1) is 23.2 Å². The summed E-state index contributed by atoms with van der Waals surface area (Å²) in [6, 6.07) is 10.6. The molecule has 6 heteroatoms. The fourth-order valence-corrected chi connectivity index (χ4v) is 7.76. The van der Waals surface area contributed by atoms with Crippen LogP contribution in [-0.4, -0.2) is 32.5 Å². The van der Waals surface area contributed by atoms with E-state index in [1.165, 1.54) is 55.9 Å². The third kappa shape index (κ3) is 4.28. The highest BCUT2D eigenvalue weighted by atomic mass is 32.2. The van der Waals surface area contributed by atoms with E-state index in [1.54, 1.807) is 0 Å². The van der Waals surface area contributed by atoms with Gasteiger partial charge in [0.1, 0.15) is 5.82 Å². The van der Waals surface area contributed by atoms with Crippen molar-refractivity contribution in [3.63, 3.8) is 0 Å². The fraction of sp³-hybridized carbons (Fsp3) is 0.640. The van der Waals surface area contributed by atoms with E-state index in [0.717, 1.165) is 41.7 Å². The van der Waals surface area contributed by atoms with E-state index in [9.17, 15) is 4.79 Å². The monoisotopic (exact) mass is 438 g/mol. The first-order chi connectivity index (χ1) is 15.0. The van der Waals surface area contributed by atoms with Crippen LogP contribution in [-0.2, 0) is 17.8 Å². The average molecular weight is 439 g/mol. The van der Waals surface area contributed by atoms with Crippen LogP contribution >= 0.6 is 11.8 Å². The van der Waals surface area contributed by atoms with Gasteiger partial charge in [0.05, 0.1) is 5.75 Å². The van der Waals surface area contributed by atoms with Crippen molar-refractivity contribution in [1.29, 1.82) is 0 Å². The van der Waals surface area contributed by atoms with Gasteiger partial charge in [0.25, 0.3) is 0 Å². The molecule has 1 unspecified atom stereocenters. The number of carbonyl (C=O) groups excluding carboxylic acids is 1. The lowest BCUT2D eigenvalue weighted by Gasteiger charge is -2.59. The molecule has 0 saturated heterocycles. The Morgan fingerprint density at radius 1 is 1.13 bits per heavy atom. The average Bonchev–Trinajstić information content (AvgIpc) is 3.13. The van der Waals surface area contributed by atoms with Crippen LogP contribution in [0.1, 0.15) is 63.8 Å². The summed E-state index contributed by atoms with van der Waals surface area (Å²) >= 11 is 1.51. The molecule has 1 amide bonds. The first-order valence-corrected chi connectivity index (χ1v) is 12.9. The summed E-state index contributed by atoms with van der Waals surface area (Å²) in [4.78, 5) is 12.8. The first kappa shape index (κ1) is 21.0. The molecule has 1 atom stereocenters. The van der Waals surface area contributed by atoms with Crippen molar-refractivity contribution in [2.24, 2.45) is 23.2 Å². The van der Waals surface area contributed by atoms with Crippen LogP contribution in [0.4, 0.5) is 0 Å². The zero-order valence-corrected chi connectivity index (χ0v) is 19.5. The lowest BCUT2D eigenvalue weighted by atomic mass is 9.48. The largest absolute Gasteiger partial charge is 0.352 e. The third-order valence-electron chi connectivity index (χ3n) is 8.03. The van der Waals surface area contributed by atoms with Gasteiger partial charge in [0.2, 0.25) is 5.91 Å². The molecule has 1 N–H and O–H groups in total. The topological polar surface area (TPSA) is 59.8 Å². The number of nitrogens with one attached hydrogen (secondary N) is 1. The number of nitrogens with zero attached hydrogens (tertiary/aromatic N) is 3. The number of hydrogen-bond acceptors (Lipinski definition) is 4. The van der Waals surface area contributed by atoms with Gasteiger partial charge in [-0.05, 0) is 81.1 Å². The van der Waals surface area contributed by atoms with Gasteiger partial charge < -0.3 is 9.88 Å². The van der Waals surface area contributed by atoms with Crippen LogP contribution in [0.2, 0.25) is 0 Å². The Morgan fingerprint density at radius 2 is 1.77 bits per heavy atom. The molecule has 4 aliphatic rings. The fourth-order valence-electron chi connectivity index (χ4n) is 6.93. The maximum atomic E-state index is 12.8. The van der Waals surface area contributed by atoms with E-state index in [-0.39, 0.29) is 11.9 Å². The minimum atomic E-state index is 0.128. The number of rotatable bonds is 8. The molecule has 2 aromatic rings. The molecule has 0 radical (unpaired) electrons. The Hall–Kier alpha value is -1.82. The number of amides is 1. The second-order valence-corrected chi connectivity index (χ2v) is 11.1. The van der Waals surface area contributed by atoms with Crippen molar-refractivity contribution >= 4 is 17.7 Å². The predicted octanol–water partition coefficient (Wildman–Crippen LogP) is 4.70. The zero-order chi connectivity index (χ0) is 21.4. The smallest absolute Gasteiger partial charge is 0.230 e. The van der Waals surface area contributed by atoms with E-state index in [2.05, 4.69) is 46.1 Å². The number of carbonyl (C=O) groups is 1. The molecule has 0 aliphatic heterocycles. The normalized spacial score (nSPS) is 29.8. The first-order valence-electron chi connectivity index (χ1n) is 11.9. The maximum Gasteiger partial charge on any atom is 0.230 e. The maximum absolute atomic E-state index is 12.8. The molecule has 31 heavy (non-hydrogen) atoms. The molecule has 1 aromatic carbocycles. The summed E-state index contributed by atoms with van der Waals surface area (Å²) in [6.45, 7) is 5.17. The molecule has 4 aliphatic carbocycles. The number of hydrogen-bond donors (Lipinski definition) is 1.